The molecular formula is C13H14ClF3N2O2. The lowest BCUT2D eigenvalue weighted by Gasteiger charge is -2.16. The third-order valence-corrected chi connectivity index (χ3v) is 3.51. The highest BCUT2D eigenvalue weighted by molar-refractivity contribution is 6.33. The number of alkyl halides is 3. The molecule has 8 heteroatoms. The molecule has 4 nitrogen and oxygen atoms in total. The second-order valence-electron chi connectivity index (χ2n) is 4.92. The predicted octanol–water partition coefficient (Wildman–Crippen LogP) is 2.36. The number of nitrogens with zero attached hydrogens (tertiary/aromatic N) is 1. The third kappa shape index (κ3) is 4.33. The molecule has 0 bridgehead atoms. The number of nitrogens with one attached hydrogen (secondary N) is 1. The van der Waals surface area contributed by atoms with Crippen molar-refractivity contribution < 1.29 is 23.1 Å². The number of carbonyl (C=O) groups is 1. The van der Waals surface area contributed by atoms with Gasteiger partial charge in [-0.3, -0.25) is 9.69 Å². The molecule has 0 saturated carbocycles. The van der Waals surface area contributed by atoms with Gasteiger partial charge in [-0.05, 0) is 24.6 Å². The van der Waals surface area contributed by atoms with Gasteiger partial charge in [0.05, 0.1) is 28.9 Å². The standard InChI is InChI=1S/C13H14ClF3N2O2/c14-10-2-1-8(13(15,16)17)5-11(10)18-12(21)7-19-4-3-9(20)6-19/h1-2,5,9,20H,3-4,6-7H2,(H,18,21). The number of halogens is 4. The van der Waals surface area contributed by atoms with Crippen LogP contribution in [0.4, 0.5) is 18.9 Å². The lowest BCUT2D eigenvalue weighted by Crippen LogP contribution is -2.32. The summed E-state index contributed by atoms with van der Waals surface area (Å²) in [6, 6.07) is 2.76. The van der Waals surface area contributed by atoms with E-state index in [1.54, 1.807) is 4.90 Å². The smallest absolute Gasteiger partial charge is 0.392 e. The van der Waals surface area contributed by atoms with Gasteiger partial charge in [-0.15, -0.1) is 0 Å². The van der Waals surface area contributed by atoms with E-state index in [4.69, 9.17) is 11.6 Å². The molecular weight excluding hydrogens is 309 g/mol. The molecule has 1 unspecified atom stereocenters. The maximum atomic E-state index is 12.6. The molecule has 2 rings (SSSR count). The summed E-state index contributed by atoms with van der Waals surface area (Å²) in [5.74, 6) is -0.467. The quantitative estimate of drug-likeness (QED) is 0.898. The number of rotatable bonds is 3. The molecule has 1 aliphatic heterocycles. The van der Waals surface area contributed by atoms with Crippen molar-refractivity contribution in [2.24, 2.45) is 0 Å². The second-order valence-corrected chi connectivity index (χ2v) is 5.33. The number of β-amino-alcohol motifs (C(OH)–C–C–N with tert-alkyl or cyclic N) is 1. The lowest BCUT2D eigenvalue weighted by molar-refractivity contribution is -0.137. The first kappa shape index (κ1) is 16.1. The van der Waals surface area contributed by atoms with Gasteiger partial charge >= 0.3 is 6.18 Å². The molecule has 0 aliphatic carbocycles. The Morgan fingerprint density at radius 1 is 1.48 bits per heavy atom. The second kappa shape index (κ2) is 6.21. The first-order chi connectivity index (χ1) is 9.75. The molecule has 116 valence electrons. The monoisotopic (exact) mass is 322 g/mol. The summed E-state index contributed by atoms with van der Waals surface area (Å²) in [6.45, 7) is 0.957. The van der Waals surface area contributed by atoms with Crippen LogP contribution in [-0.4, -0.2) is 41.7 Å². The molecule has 21 heavy (non-hydrogen) atoms. The van der Waals surface area contributed by atoms with Crippen molar-refractivity contribution >= 4 is 23.2 Å². The maximum absolute atomic E-state index is 12.6. The van der Waals surface area contributed by atoms with E-state index in [-0.39, 0.29) is 17.3 Å². The largest absolute Gasteiger partial charge is 0.416 e. The Labute approximate surface area is 124 Å². The number of anilines is 1. The average molecular weight is 323 g/mol. The normalized spacial score (nSPS) is 19.8. The summed E-state index contributed by atoms with van der Waals surface area (Å²) in [5.41, 5.74) is -0.949. The molecule has 0 spiro atoms. The Balaban J connectivity index is 2.03. The minimum absolute atomic E-state index is 0.00361. The van der Waals surface area contributed by atoms with Crippen molar-refractivity contribution in [1.29, 1.82) is 0 Å². The highest BCUT2D eigenvalue weighted by atomic mass is 35.5. The van der Waals surface area contributed by atoms with Crippen molar-refractivity contribution in [1.82, 2.24) is 4.90 Å². The van der Waals surface area contributed by atoms with E-state index in [9.17, 15) is 23.1 Å². The van der Waals surface area contributed by atoms with Gasteiger partial charge in [-0.2, -0.15) is 13.2 Å². The zero-order valence-electron chi connectivity index (χ0n) is 11.0. The fourth-order valence-electron chi connectivity index (χ4n) is 2.15. The van der Waals surface area contributed by atoms with Crippen LogP contribution in [0, 0.1) is 0 Å². The van der Waals surface area contributed by atoms with Gasteiger partial charge in [0.1, 0.15) is 0 Å². The van der Waals surface area contributed by atoms with Gasteiger partial charge in [0.2, 0.25) is 5.91 Å². The molecule has 1 aromatic carbocycles. The number of aliphatic hydroxyl groups excluding tert-OH is 1. The molecule has 2 N–H and O–H groups in total. The highest BCUT2D eigenvalue weighted by Gasteiger charge is 2.31. The minimum Gasteiger partial charge on any atom is -0.392 e. The van der Waals surface area contributed by atoms with Gasteiger partial charge in [0.15, 0.2) is 0 Å². The molecule has 1 aliphatic rings. The predicted molar refractivity (Wildman–Crippen MR) is 72.1 cm³/mol. The molecule has 1 aromatic rings. The average Bonchev–Trinajstić information content (AvgIpc) is 2.76. The number of hydrogen-bond acceptors (Lipinski definition) is 3. The number of aliphatic hydroxyl groups is 1. The van der Waals surface area contributed by atoms with E-state index < -0.39 is 23.8 Å². The van der Waals surface area contributed by atoms with Crippen molar-refractivity contribution in [2.75, 3.05) is 25.0 Å². The number of amides is 1. The Bertz CT molecular complexity index is 537. The Morgan fingerprint density at radius 2 is 2.19 bits per heavy atom. The molecule has 1 fully saturated rings. The van der Waals surface area contributed by atoms with E-state index in [0.717, 1.165) is 18.2 Å². The molecule has 1 amide bonds. The van der Waals surface area contributed by atoms with Crippen molar-refractivity contribution in [3.63, 3.8) is 0 Å². The van der Waals surface area contributed by atoms with Crippen LogP contribution >= 0.6 is 11.6 Å². The molecule has 0 aromatic heterocycles. The van der Waals surface area contributed by atoms with Gasteiger partial charge in [-0.1, -0.05) is 11.6 Å². The first-order valence-electron chi connectivity index (χ1n) is 6.33. The summed E-state index contributed by atoms with van der Waals surface area (Å²) in [7, 11) is 0. The van der Waals surface area contributed by atoms with Crippen LogP contribution in [0.3, 0.4) is 0 Å². The van der Waals surface area contributed by atoms with Crippen molar-refractivity contribution in [3.05, 3.63) is 28.8 Å². The van der Waals surface area contributed by atoms with Crippen molar-refractivity contribution in [3.8, 4) is 0 Å². The Kier molecular flexibility index (Phi) is 4.75. The van der Waals surface area contributed by atoms with E-state index in [1.165, 1.54) is 0 Å². The van der Waals surface area contributed by atoms with Crippen LogP contribution in [0.15, 0.2) is 18.2 Å². The van der Waals surface area contributed by atoms with Crippen LogP contribution in [0.1, 0.15) is 12.0 Å². The fraction of sp³-hybridized carbons (Fsp3) is 0.462. The highest BCUT2D eigenvalue weighted by Crippen LogP contribution is 2.33. The van der Waals surface area contributed by atoms with Crippen LogP contribution in [-0.2, 0) is 11.0 Å². The third-order valence-electron chi connectivity index (χ3n) is 3.18. The first-order valence-corrected chi connectivity index (χ1v) is 6.70. The van der Waals surface area contributed by atoms with Crippen molar-refractivity contribution in [2.45, 2.75) is 18.7 Å². The van der Waals surface area contributed by atoms with Gasteiger partial charge in [0, 0.05) is 13.1 Å². The van der Waals surface area contributed by atoms with E-state index in [0.29, 0.717) is 19.5 Å². The number of carbonyl (C=O) groups excluding carboxylic acids is 1. The summed E-state index contributed by atoms with van der Waals surface area (Å²) in [5, 5.41) is 11.8. The topological polar surface area (TPSA) is 52.6 Å². The summed E-state index contributed by atoms with van der Waals surface area (Å²) in [4.78, 5) is 13.5. The van der Waals surface area contributed by atoms with Gasteiger partial charge in [-0.25, -0.2) is 0 Å². The summed E-state index contributed by atoms with van der Waals surface area (Å²) in [6.07, 6.45) is -4.38. The van der Waals surface area contributed by atoms with Crippen LogP contribution < -0.4 is 5.32 Å². The molecule has 1 saturated heterocycles. The lowest BCUT2D eigenvalue weighted by atomic mass is 10.2. The zero-order chi connectivity index (χ0) is 15.6. The fourth-order valence-corrected chi connectivity index (χ4v) is 2.31. The molecule has 0 radical (unpaired) electrons. The summed E-state index contributed by atoms with van der Waals surface area (Å²) < 4.78 is 37.8. The molecule has 1 atom stereocenters. The van der Waals surface area contributed by atoms with E-state index in [2.05, 4.69) is 5.32 Å². The number of benzene rings is 1. The summed E-state index contributed by atoms with van der Waals surface area (Å²) >= 11 is 5.79. The number of hydrogen-bond donors (Lipinski definition) is 2. The van der Waals surface area contributed by atoms with E-state index >= 15 is 0 Å². The Hall–Kier alpha value is -1.31. The van der Waals surface area contributed by atoms with E-state index in [1.807, 2.05) is 0 Å². The number of likely N-dealkylation sites (tertiary alicyclic amines) is 1. The Morgan fingerprint density at radius 3 is 2.76 bits per heavy atom. The van der Waals surface area contributed by atoms with Crippen LogP contribution in [0.2, 0.25) is 5.02 Å². The maximum Gasteiger partial charge on any atom is 0.416 e. The zero-order valence-corrected chi connectivity index (χ0v) is 11.7. The van der Waals surface area contributed by atoms with Crippen LogP contribution in [0.5, 0.6) is 0 Å². The minimum atomic E-state index is -4.50. The molecule has 1 heterocycles. The van der Waals surface area contributed by atoms with Crippen LogP contribution in [0.25, 0.3) is 0 Å². The van der Waals surface area contributed by atoms with Gasteiger partial charge < -0.3 is 10.4 Å². The SMILES string of the molecule is O=C(CN1CCC(O)C1)Nc1cc(C(F)(F)F)ccc1Cl. The van der Waals surface area contributed by atoms with Gasteiger partial charge in [0.25, 0.3) is 0 Å².